The van der Waals surface area contributed by atoms with Crippen LogP contribution in [-0.4, -0.2) is 15.1 Å². The van der Waals surface area contributed by atoms with Crippen molar-refractivity contribution in [2.75, 3.05) is 5.32 Å². The van der Waals surface area contributed by atoms with Gasteiger partial charge in [0.1, 0.15) is 22.7 Å². The van der Waals surface area contributed by atoms with Gasteiger partial charge in [-0.3, -0.25) is 0 Å². The van der Waals surface area contributed by atoms with E-state index in [1.807, 2.05) is 6.07 Å². The van der Waals surface area contributed by atoms with Crippen LogP contribution in [-0.2, 0) is 0 Å². The number of phenolic OH excluding ortho intramolecular Hbond substituents is 1. The molecular weight excluding hydrogens is 330 g/mol. The first-order valence-corrected chi connectivity index (χ1v) is 8.85. The van der Waals surface area contributed by atoms with E-state index in [0.717, 1.165) is 32.8 Å². The van der Waals surface area contributed by atoms with Crippen LogP contribution in [0.1, 0.15) is 11.1 Å². The number of hydrogen-bond donors (Lipinski definition) is 2. The van der Waals surface area contributed by atoms with Crippen LogP contribution in [0.25, 0.3) is 21.3 Å². The molecule has 0 saturated carbocycles. The third-order valence-corrected chi connectivity index (χ3v) is 5.18. The van der Waals surface area contributed by atoms with Crippen LogP contribution >= 0.6 is 11.3 Å². The van der Waals surface area contributed by atoms with Crippen LogP contribution in [0.15, 0.2) is 54.2 Å². The van der Waals surface area contributed by atoms with Crippen molar-refractivity contribution in [3.63, 3.8) is 0 Å². The number of nitrogens with one attached hydrogen (secondary N) is 1. The third-order valence-electron chi connectivity index (χ3n) is 4.30. The molecule has 0 amide bonds. The summed E-state index contributed by atoms with van der Waals surface area (Å²) in [5.41, 5.74) is 5.60. The zero-order chi connectivity index (χ0) is 17.4. The van der Waals surface area contributed by atoms with Gasteiger partial charge >= 0.3 is 0 Å². The lowest BCUT2D eigenvalue weighted by molar-refractivity contribution is 0.475. The Morgan fingerprint density at radius 1 is 1.00 bits per heavy atom. The van der Waals surface area contributed by atoms with Crippen LogP contribution in [0, 0.1) is 13.8 Å². The quantitative estimate of drug-likeness (QED) is 0.519. The second-order valence-electron chi connectivity index (χ2n) is 6.03. The van der Waals surface area contributed by atoms with Crippen LogP contribution in [0.3, 0.4) is 0 Å². The molecule has 2 aromatic heterocycles. The van der Waals surface area contributed by atoms with Gasteiger partial charge in [0.05, 0.1) is 5.39 Å². The van der Waals surface area contributed by atoms with Crippen LogP contribution in [0.5, 0.6) is 5.75 Å². The SMILES string of the molecule is Cc1ccc(-c2csc3ncnc(Nc4cccc(O)c4)c23)cc1C. The number of rotatable bonds is 3. The molecule has 25 heavy (non-hydrogen) atoms. The zero-order valence-electron chi connectivity index (χ0n) is 13.9. The van der Waals surface area contributed by atoms with E-state index < -0.39 is 0 Å². The average molecular weight is 347 g/mol. The normalized spacial score (nSPS) is 11.0. The molecule has 0 aliphatic carbocycles. The molecule has 0 aliphatic rings. The van der Waals surface area contributed by atoms with Crippen LogP contribution in [0.2, 0.25) is 0 Å². The third kappa shape index (κ3) is 2.94. The summed E-state index contributed by atoms with van der Waals surface area (Å²) >= 11 is 1.61. The minimum absolute atomic E-state index is 0.218. The van der Waals surface area contributed by atoms with Gasteiger partial charge < -0.3 is 10.4 Å². The fourth-order valence-electron chi connectivity index (χ4n) is 2.81. The summed E-state index contributed by atoms with van der Waals surface area (Å²) < 4.78 is 0. The Morgan fingerprint density at radius 2 is 1.88 bits per heavy atom. The smallest absolute Gasteiger partial charge is 0.143 e. The number of phenols is 1. The van der Waals surface area contributed by atoms with Gasteiger partial charge in [0, 0.05) is 22.7 Å². The first-order chi connectivity index (χ1) is 12.1. The molecule has 2 aromatic carbocycles. The van der Waals surface area contributed by atoms with E-state index >= 15 is 0 Å². The highest BCUT2D eigenvalue weighted by Gasteiger charge is 2.14. The first-order valence-electron chi connectivity index (χ1n) is 7.98. The molecule has 0 spiro atoms. The Labute approximate surface area is 149 Å². The summed E-state index contributed by atoms with van der Waals surface area (Å²) in [7, 11) is 0. The molecule has 0 unspecified atom stereocenters. The highest BCUT2D eigenvalue weighted by Crippen LogP contribution is 2.38. The Bertz CT molecular complexity index is 1070. The average Bonchev–Trinajstić information content (AvgIpc) is 3.03. The minimum Gasteiger partial charge on any atom is -0.508 e. The van der Waals surface area contributed by atoms with Gasteiger partial charge in [-0.05, 0) is 42.7 Å². The molecule has 0 aliphatic heterocycles. The van der Waals surface area contributed by atoms with Crippen molar-refractivity contribution in [3.8, 4) is 16.9 Å². The van der Waals surface area contributed by atoms with Gasteiger partial charge in [-0.2, -0.15) is 0 Å². The fraction of sp³-hybridized carbons (Fsp3) is 0.100. The number of aryl methyl sites for hydroxylation is 2. The molecule has 4 nitrogen and oxygen atoms in total. The maximum atomic E-state index is 9.68. The van der Waals surface area contributed by atoms with Crippen molar-refractivity contribution in [1.82, 2.24) is 9.97 Å². The summed E-state index contributed by atoms with van der Waals surface area (Å²) in [4.78, 5) is 9.77. The number of fused-ring (bicyclic) bond motifs is 1. The van der Waals surface area contributed by atoms with E-state index in [1.165, 1.54) is 11.1 Å². The Kier molecular flexibility index (Phi) is 3.86. The maximum absolute atomic E-state index is 9.68. The molecule has 124 valence electrons. The molecule has 4 rings (SSSR count). The Hall–Kier alpha value is -2.92. The molecule has 0 bridgehead atoms. The van der Waals surface area contributed by atoms with E-state index in [1.54, 1.807) is 35.9 Å². The Morgan fingerprint density at radius 3 is 2.68 bits per heavy atom. The number of benzene rings is 2. The van der Waals surface area contributed by atoms with E-state index in [0.29, 0.717) is 0 Å². The number of aromatic hydroxyl groups is 1. The molecule has 0 saturated heterocycles. The van der Waals surface area contributed by atoms with E-state index in [9.17, 15) is 5.11 Å². The zero-order valence-corrected chi connectivity index (χ0v) is 14.8. The molecular formula is C20H17N3OS. The van der Waals surface area contributed by atoms with E-state index in [-0.39, 0.29) is 5.75 Å². The van der Waals surface area contributed by atoms with Crippen molar-refractivity contribution < 1.29 is 5.11 Å². The molecule has 5 heteroatoms. The van der Waals surface area contributed by atoms with E-state index in [2.05, 4.69) is 52.7 Å². The number of nitrogens with zero attached hydrogens (tertiary/aromatic N) is 2. The minimum atomic E-state index is 0.218. The predicted molar refractivity (Wildman–Crippen MR) is 104 cm³/mol. The molecule has 0 fully saturated rings. The van der Waals surface area contributed by atoms with Crippen molar-refractivity contribution in [2.24, 2.45) is 0 Å². The summed E-state index contributed by atoms with van der Waals surface area (Å²) in [5.74, 6) is 0.958. The van der Waals surface area contributed by atoms with Gasteiger partial charge in [-0.1, -0.05) is 24.3 Å². The van der Waals surface area contributed by atoms with Crippen LogP contribution in [0.4, 0.5) is 11.5 Å². The van der Waals surface area contributed by atoms with Crippen molar-refractivity contribution >= 4 is 33.1 Å². The summed E-state index contributed by atoms with van der Waals surface area (Å²) in [5, 5.41) is 16.1. The Balaban J connectivity index is 1.85. The number of anilines is 2. The molecule has 2 heterocycles. The summed E-state index contributed by atoms with van der Waals surface area (Å²) in [6.45, 7) is 4.23. The molecule has 4 aromatic rings. The summed E-state index contributed by atoms with van der Waals surface area (Å²) in [6.07, 6.45) is 1.56. The van der Waals surface area contributed by atoms with Gasteiger partial charge in [0.25, 0.3) is 0 Å². The van der Waals surface area contributed by atoms with Crippen molar-refractivity contribution in [3.05, 3.63) is 65.3 Å². The topological polar surface area (TPSA) is 58.0 Å². The standard InChI is InChI=1S/C20H17N3OS/c1-12-6-7-14(8-13(12)2)17-10-25-20-18(17)19(21-11-22-20)23-15-4-3-5-16(24)9-15/h3-11,24H,1-2H3,(H,21,22,23). The van der Waals surface area contributed by atoms with Gasteiger partial charge in [0.2, 0.25) is 0 Å². The lowest BCUT2D eigenvalue weighted by atomic mass is 10.0. The maximum Gasteiger partial charge on any atom is 0.143 e. The monoisotopic (exact) mass is 347 g/mol. The first kappa shape index (κ1) is 15.6. The molecule has 0 radical (unpaired) electrons. The van der Waals surface area contributed by atoms with Crippen molar-refractivity contribution in [1.29, 1.82) is 0 Å². The second-order valence-corrected chi connectivity index (χ2v) is 6.88. The largest absolute Gasteiger partial charge is 0.508 e. The second kappa shape index (κ2) is 6.18. The molecule has 0 atom stereocenters. The van der Waals surface area contributed by atoms with Gasteiger partial charge in [-0.25, -0.2) is 9.97 Å². The van der Waals surface area contributed by atoms with Crippen LogP contribution < -0.4 is 5.32 Å². The van der Waals surface area contributed by atoms with E-state index in [4.69, 9.17) is 0 Å². The van der Waals surface area contributed by atoms with Gasteiger partial charge in [0.15, 0.2) is 0 Å². The predicted octanol–water partition coefficient (Wildman–Crippen LogP) is 5.42. The summed E-state index contributed by atoms with van der Waals surface area (Å²) in [6, 6.07) is 13.5. The number of thiophene rings is 1. The lowest BCUT2D eigenvalue weighted by Crippen LogP contribution is -1.95. The fourth-order valence-corrected chi connectivity index (χ4v) is 3.73. The number of hydrogen-bond acceptors (Lipinski definition) is 5. The van der Waals surface area contributed by atoms with Gasteiger partial charge in [-0.15, -0.1) is 11.3 Å². The highest BCUT2D eigenvalue weighted by atomic mass is 32.1. The van der Waals surface area contributed by atoms with Crippen molar-refractivity contribution in [2.45, 2.75) is 13.8 Å². The number of aromatic nitrogens is 2. The highest BCUT2D eigenvalue weighted by molar-refractivity contribution is 7.17. The lowest BCUT2D eigenvalue weighted by Gasteiger charge is -2.09. The molecule has 2 N–H and O–H groups in total.